The molecular weight excluding hydrogens is 150 g/mol. The second-order valence-electron chi connectivity index (χ2n) is 3.86. The van der Waals surface area contributed by atoms with Gasteiger partial charge in [0.1, 0.15) is 0 Å². The Bertz CT molecular complexity index is 228. The van der Waals surface area contributed by atoms with Gasteiger partial charge in [0.2, 0.25) is 5.91 Å². The third-order valence-corrected chi connectivity index (χ3v) is 2.67. The first-order valence-corrected chi connectivity index (χ1v) is 4.72. The molecule has 0 aromatic rings. The second-order valence-corrected chi connectivity index (χ2v) is 3.86. The van der Waals surface area contributed by atoms with Crippen LogP contribution < -0.4 is 0 Å². The highest BCUT2D eigenvalue weighted by molar-refractivity contribution is 5.81. The van der Waals surface area contributed by atoms with E-state index in [-0.39, 0.29) is 0 Å². The molecule has 0 spiro atoms. The molecule has 0 radical (unpaired) electrons. The normalized spacial score (nSPS) is 23.8. The van der Waals surface area contributed by atoms with Gasteiger partial charge in [-0.25, -0.2) is 0 Å². The van der Waals surface area contributed by atoms with Crippen molar-refractivity contribution in [3.8, 4) is 0 Å². The molecule has 0 N–H and O–H groups in total. The molecule has 1 aliphatic heterocycles. The van der Waals surface area contributed by atoms with E-state index < -0.39 is 0 Å². The van der Waals surface area contributed by atoms with Gasteiger partial charge in [0.25, 0.3) is 0 Å². The minimum absolute atomic E-state index is 0.386. The molecule has 2 rings (SSSR count). The van der Waals surface area contributed by atoms with Crippen molar-refractivity contribution in [2.45, 2.75) is 26.2 Å². The van der Waals surface area contributed by atoms with Crippen LogP contribution in [0.1, 0.15) is 26.2 Å². The Balaban J connectivity index is 1.93. The lowest BCUT2D eigenvalue weighted by molar-refractivity contribution is -0.132. The van der Waals surface area contributed by atoms with Crippen LogP contribution in [-0.4, -0.2) is 23.9 Å². The summed E-state index contributed by atoms with van der Waals surface area (Å²) < 4.78 is 0. The first-order valence-electron chi connectivity index (χ1n) is 4.72. The number of carbonyl (C=O) groups is 1. The van der Waals surface area contributed by atoms with Crippen LogP contribution in [0, 0.1) is 5.92 Å². The lowest BCUT2D eigenvalue weighted by Crippen LogP contribution is -2.35. The van der Waals surface area contributed by atoms with Crippen LogP contribution in [0.3, 0.4) is 0 Å². The maximum atomic E-state index is 11.6. The van der Waals surface area contributed by atoms with Crippen LogP contribution in [0.5, 0.6) is 0 Å². The molecule has 12 heavy (non-hydrogen) atoms. The average Bonchev–Trinajstić information content (AvgIpc) is 2.87. The van der Waals surface area contributed by atoms with Gasteiger partial charge < -0.3 is 4.90 Å². The fourth-order valence-corrected chi connectivity index (χ4v) is 1.56. The Kier molecular flexibility index (Phi) is 1.91. The Morgan fingerprint density at radius 3 is 2.83 bits per heavy atom. The summed E-state index contributed by atoms with van der Waals surface area (Å²) >= 11 is 0. The molecule has 0 aromatic carbocycles. The Morgan fingerprint density at radius 2 is 2.33 bits per heavy atom. The van der Waals surface area contributed by atoms with Crippen LogP contribution in [0.15, 0.2) is 11.6 Å². The second kappa shape index (κ2) is 2.92. The van der Waals surface area contributed by atoms with Crippen LogP contribution in [0.2, 0.25) is 0 Å². The minimum Gasteiger partial charge on any atom is -0.338 e. The monoisotopic (exact) mass is 165 g/mol. The molecule has 2 heteroatoms. The quantitative estimate of drug-likeness (QED) is 0.540. The van der Waals surface area contributed by atoms with Crippen molar-refractivity contribution in [1.29, 1.82) is 0 Å². The highest BCUT2D eigenvalue weighted by Gasteiger charge is 2.33. The topological polar surface area (TPSA) is 20.3 Å². The van der Waals surface area contributed by atoms with Crippen molar-refractivity contribution < 1.29 is 4.79 Å². The molecule has 1 amide bonds. The molecule has 0 unspecified atom stereocenters. The summed E-state index contributed by atoms with van der Waals surface area (Å²) in [7, 11) is 0. The van der Waals surface area contributed by atoms with Gasteiger partial charge in [-0.05, 0) is 26.2 Å². The van der Waals surface area contributed by atoms with Gasteiger partial charge in [-0.3, -0.25) is 4.79 Å². The summed E-state index contributed by atoms with van der Waals surface area (Å²) in [6, 6.07) is 0. The summed E-state index contributed by atoms with van der Waals surface area (Å²) in [5.74, 6) is 0.774. The van der Waals surface area contributed by atoms with Crippen molar-refractivity contribution >= 4 is 5.91 Å². The van der Waals surface area contributed by atoms with Crippen LogP contribution in [0.25, 0.3) is 0 Å². The molecule has 2 aliphatic rings. The first kappa shape index (κ1) is 7.84. The average molecular weight is 165 g/mol. The summed E-state index contributed by atoms with van der Waals surface area (Å²) in [6.45, 7) is 3.93. The predicted octanol–water partition coefficient (Wildman–Crippen LogP) is 1.58. The highest BCUT2D eigenvalue weighted by atomic mass is 16.2. The third-order valence-electron chi connectivity index (χ3n) is 2.67. The minimum atomic E-state index is 0.386. The Labute approximate surface area is 73.2 Å². The summed E-state index contributed by atoms with van der Waals surface area (Å²) in [6.07, 6.45) is 5.48. The van der Waals surface area contributed by atoms with E-state index in [2.05, 4.69) is 13.0 Å². The summed E-state index contributed by atoms with van der Waals surface area (Å²) in [4.78, 5) is 13.6. The van der Waals surface area contributed by atoms with E-state index in [9.17, 15) is 4.79 Å². The smallest absolute Gasteiger partial charge is 0.225 e. The fourth-order valence-electron chi connectivity index (χ4n) is 1.56. The molecule has 1 aliphatic carbocycles. The van der Waals surface area contributed by atoms with Crippen molar-refractivity contribution in [2.24, 2.45) is 5.92 Å². The number of amides is 1. The van der Waals surface area contributed by atoms with Gasteiger partial charge in [0.15, 0.2) is 0 Å². The number of hydrogen-bond acceptors (Lipinski definition) is 1. The molecule has 2 nitrogen and oxygen atoms in total. The molecule has 1 saturated carbocycles. The van der Waals surface area contributed by atoms with E-state index in [0.29, 0.717) is 11.8 Å². The highest BCUT2D eigenvalue weighted by Crippen LogP contribution is 2.31. The van der Waals surface area contributed by atoms with Crippen molar-refractivity contribution in [3.05, 3.63) is 11.6 Å². The van der Waals surface area contributed by atoms with Gasteiger partial charge in [0, 0.05) is 19.0 Å². The van der Waals surface area contributed by atoms with E-state index >= 15 is 0 Å². The van der Waals surface area contributed by atoms with Crippen LogP contribution in [0.4, 0.5) is 0 Å². The van der Waals surface area contributed by atoms with Gasteiger partial charge in [0.05, 0.1) is 0 Å². The number of hydrogen-bond donors (Lipinski definition) is 0. The molecule has 0 atom stereocenters. The van der Waals surface area contributed by atoms with E-state index in [1.54, 1.807) is 0 Å². The van der Waals surface area contributed by atoms with E-state index in [4.69, 9.17) is 0 Å². The molecule has 66 valence electrons. The predicted molar refractivity (Wildman–Crippen MR) is 47.7 cm³/mol. The molecule has 0 saturated heterocycles. The first-order chi connectivity index (χ1) is 5.77. The Hall–Kier alpha value is -0.790. The number of rotatable bonds is 1. The fraction of sp³-hybridized carbons (Fsp3) is 0.700. The SMILES string of the molecule is CC1=CCN(C(=O)C2CC2)CC1. The van der Waals surface area contributed by atoms with Crippen molar-refractivity contribution in [2.75, 3.05) is 13.1 Å². The standard InChI is InChI=1S/C10H15NO/c1-8-4-6-11(7-5-8)10(12)9-2-3-9/h4,9H,2-3,5-7H2,1H3. The zero-order valence-electron chi connectivity index (χ0n) is 7.55. The number of carbonyl (C=O) groups excluding carboxylic acids is 1. The Morgan fingerprint density at radius 1 is 1.58 bits per heavy atom. The molecule has 0 aromatic heterocycles. The summed E-state index contributed by atoms with van der Waals surface area (Å²) in [5.41, 5.74) is 1.43. The maximum absolute atomic E-state index is 11.6. The van der Waals surface area contributed by atoms with Gasteiger partial charge in [-0.15, -0.1) is 0 Å². The molecule has 1 fully saturated rings. The third kappa shape index (κ3) is 1.52. The van der Waals surface area contributed by atoms with Crippen LogP contribution in [-0.2, 0) is 4.79 Å². The maximum Gasteiger partial charge on any atom is 0.225 e. The molecule has 0 bridgehead atoms. The zero-order chi connectivity index (χ0) is 8.55. The van der Waals surface area contributed by atoms with E-state index in [0.717, 1.165) is 32.4 Å². The lowest BCUT2D eigenvalue weighted by atomic mass is 10.1. The molecular formula is C10H15NO. The lowest BCUT2D eigenvalue weighted by Gasteiger charge is -2.25. The van der Waals surface area contributed by atoms with Gasteiger partial charge in [-0.1, -0.05) is 11.6 Å². The van der Waals surface area contributed by atoms with Crippen molar-refractivity contribution in [3.63, 3.8) is 0 Å². The molecule has 1 heterocycles. The van der Waals surface area contributed by atoms with E-state index in [1.807, 2.05) is 4.90 Å². The van der Waals surface area contributed by atoms with E-state index in [1.165, 1.54) is 5.57 Å². The van der Waals surface area contributed by atoms with Gasteiger partial charge in [-0.2, -0.15) is 0 Å². The summed E-state index contributed by atoms with van der Waals surface area (Å²) in [5, 5.41) is 0. The largest absolute Gasteiger partial charge is 0.338 e. The van der Waals surface area contributed by atoms with Crippen molar-refractivity contribution in [1.82, 2.24) is 4.90 Å². The van der Waals surface area contributed by atoms with Gasteiger partial charge >= 0.3 is 0 Å². The van der Waals surface area contributed by atoms with Crippen LogP contribution >= 0.6 is 0 Å². The number of nitrogens with zero attached hydrogens (tertiary/aromatic N) is 1. The zero-order valence-corrected chi connectivity index (χ0v) is 7.55.